The molecular weight excluding hydrogens is 313 g/mol. The van der Waals surface area contributed by atoms with Crippen LogP contribution in [0.4, 0.5) is 10.1 Å². The van der Waals surface area contributed by atoms with Gasteiger partial charge in [0.15, 0.2) is 0 Å². The van der Waals surface area contributed by atoms with Gasteiger partial charge in [-0.25, -0.2) is 4.39 Å². The summed E-state index contributed by atoms with van der Waals surface area (Å²) in [6.45, 7) is 0. The lowest BCUT2D eigenvalue weighted by Gasteiger charge is -2.10. The van der Waals surface area contributed by atoms with Gasteiger partial charge in [0.2, 0.25) is 0 Å². The summed E-state index contributed by atoms with van der Waals surface area (Å²) in [5, 5.41) is 10.5. The van der Waals surface area contributed by atoms with Crippen molar-refractivity contribution < 1.29 is 9.31 Å². The van der Waals surface area contributed by atoms with Gasteiger partial charge < -0.3 is 0 Å². The minimum Gasteiger partial charge on any atom is -0.258 e. The Morgan fingerprint density at radius 2 is 1.89 bits per heavy atom. The zero-order valence-electron chi connectivity index (χ0n) is 9.92. The van der Waals surface area contributed by atoms with Crippen molar-refractivity contribution in [1.29, 1.82) is 0 Å². The summed E-state index contributed by atoms with van der Waals surface area (Å²) >= 11 is 3.50. The molecule has 0 radical (unpaired) electrons. The molecule has 2 rings (SSSR count). The highest BCUT2D eigenvalue weighted by Crippen LogP contribution is 2.28. The van der Waals surface area contributed by atoms with Gasteiger partial charge in [0.25, 0.3) is 5.69 Å². The number of alkyl halides is 1. The fourth-order valence-corrected chi connectivity index (χ4v) is 2.44. The first-order valence-electron chi connectivity index (χ1n) is 5.70. The Morgan fingerprint density at radius 3 is 2.47 bits per heavy atom. The van der Waals surface area contributed by atoms with Crippen LogP contribution in [0.3, 0.4) is 0 Å². The second-order valence-corrected chi connectivity index (χ2v) is 5.22. The Balaban J connectivity index is 2.18. The molecule has 0 spiro atoms. The monoisotopic (exact) mass is 323 g/mol. The summed E-state index contributed by atoms with van der Waals surface area (Å²) in [5.74, 6) is -0.547. The average Bonchev–Trinajstić information content (AvgIpc) is 2.41. The minimum absolute atomic E-state index is 0.0235. The van der Waals surface area contributed by atoms with Gasteiger partial charge in [-0.3, -0.25) is 10.1 Å². The number of hydrogen-bond donors (Lipinski definition) is 0. The summed E-state index contributed by atoms with van der Waals surface area (Å²) < 4.78 is 13.8. The molecule has 98 valence electrons. The molecule has 0 bridgehead atoms. The van der Waals surface area contributed by atoms with E-state index in [4.69, 9.17) is 0 Å². The first kappa shape index (κ1) is 13.7. The predicted octanol–water partition coefficient (Wildman–Crippen LogP) is 4.41. The van der Waals surface area contributed by atoms with Crippen molar-refractivity contribution in [2.75, 3.05) is 0 Å². The predicted molar refractivity (Wildman–Crippen MR) is 74.9 cm³/mol. The van der Waals surface area contributed by atoms with E-state index in [0.717, 1.165) is 11.6 Å². The number of halogens is 2. The van der Waals surface area contributed by atoms with Crippen LogP contribution >= 0.6 is 15.9 Å². The molecule has 0 saturated heterocycles. The minimum atomic E-state index is -0.602. The highest BCUT2D eigenvalue weighted by Gasteiger charge is 2.14. The maximum atomic E-state index is 13.8. The third kappa shape index (κ3) is 3.38. The normalized spacial score (nSPS) is 12.1. The Labute approximate surface area is 118 Å². The number of benzene rings is 2. The molecule has 0 aliphatic carbocycles. The number of nitrogens with zero attached hydrogens (tertiary/aromatic N) is 1. The van der Waals surface area contributed by atoms with Crippen LogP contribution in [0.5, 0.6) is 0 Å². The smallest absolute Gasteiger partial charge is 0.258 e. The summed E-state index contributed by atoms with van der Waals surface area (Å²) in [6, 6.07) is 13.4. The number of hydrogen-bond acceptors (Lipinski definition) is 2. The van der Waals surface area contributed by atoms with E-state index in [1.807, 2.05) is 30.3 Å². The van der Waals surface area contributed by atoms with Gasteiger partial charge in [-0.05, 0) is 23.6 Å². The second-order valence-electron chi connectivity index (χ2n) is 4.12. The van der Waals surface area contributed by atoms with Crippen LogP contribution in [0.15, 0.2) is 48.5 Å². The van der Waals surface area contributed by atoms with E-state index in [1.165, 1.54) is 12.1 Å². The van der Waals surface area contributed by atoms with Crippen molar-refractivity contribution in [3.63, 3.8) is 0 Å². The van der Waals surface area contributed by atoms with Crippen LogP contribution in [-0.4, -0.2) is 4.92 Å². The molecule has 0 aromatic heterocycles. The van der Waals surface area contributed by atoms with E-state index in [0.29, 0.717) is 12.0 Å². The molecule has 1 unspecified atom stereocenters. The van der Waals surface area contributed by atoms with Crippen LogP contribution in [0, 0.1) is 15.9 Å². The zero-order valence-corrected chi connectivity index (χ0v) is 11.5. The molecule has 19 heavy (non-hydrogen) atoms. The SMILES string of the molecule is O=[N+]([O-])c1ccc(CC(Br)c2ccccc2)c(F)c1. The van der Waals surface area contributed by atoms with Gasteiger partial charge in [0, 0.05) is 10.9 Å². The van der Waals surface area contributed by atoms with Crippen molar-refractivity contribution in [2.24, 2.45) is 0 Å². The van der Waals surface area contributed by atoms with Gasteiger partial charge >= 0.3 is 0 Å². The highest BCUT2D eigenvalue weighted by molar-refractivity contribution is 9.09. The first-order valence-corrected chi connectivity index (χ1v) is 6.61. The standard InChI is InChI=1S/C14H11BrFNO2/c15-13(10-4-2-1-3-5-10)8-11-6-7-12(17(18)19)9-14(11)16/h1-7,9,13H,8H2. The average molecular weight is 324 g/mol. The molecule has 3 nitrogen and oxygen atoms in total. The van der Waals surface area contributed by atoms with Crippen molar-refractivity contribution in [3.05, 3.63) is 75.6 Å². The lowest BCUT2D eigenvalue weighted by Crippen LogP contribution is -1.99. The Bertz CT molecular complexity index is 589. The summed E-state index contributed by atoms with van der Waals surface area (Å²) in [7, 11) is 0. The summed E-state index contributed by atoms with van der Waals surface area (Å²) in [4.78, 5) is 9.91. The van der Waals surface area contributed by atoms with Gasteiger partial charge in [-0.1, -0.05) is 46.3 Å². The van der Waals surface area contributed by atoms with Crippen LogP contribution in [-0.2, 0) is 6.42 Å². The summed E-state index contributed by atoms with van der Waals surface area (Å²) in [5.41, 5.74) is 1.27. The number of nitro groups is 1. The van der Waals surface area contributed by atoms with E-state index in [-0.39, 0.29) is 10.5 Å². The van der Waals surface area contributed by atoms with E-state index >= 15 is 0 Å². The Hall–Kier alpha value is -1.75. The first-order chi connectivity index (χ1) is 9.08. The van der Waals surface area contributed by atoms with Crippen molar-refractivity contribution in [1.82, 2.24) is 0 Å². The fraction of sp³-hybridized carbons (Fsp3) is 0.143. The molecule has 0 aliphatic heterocycles. The van der Waals surface area contributed by atoms with Gasteiger partial charge in [0.1, 0.15) is 5.82 Å². The van der Waals surface area contributed by atoms with Crippen LogP contribution in [0.1, 0.15) is 16.0 Å². The fourth-order valence-electron chi connectivity index (χ4n) is 1.79. The van der Waals surface area contributed by atoms with Gasteiger partial charge in [-0.2, -0.15) is 0 Å². The third-order valence-electron chi connectivity index (χ3n) is 2.81. The summed E-state index contributed by atoms with van der Waals surface area (Å²) in [6.07, 6.45) is 0.438. The molecular formula is C14H11BrFNO2. The topological polar surface area (TPSA) is 43.1 Å². The second kappa shape index (κ2) is 5.93. The van der Waals surface area contributed by atoms with Crippen LogP contribution < -0.4 is 0 Å². The van der Waals surface area contributed by atoms with Crippen molar-refractivity contribution in [2.45, 2.75) is 11.2 Å². The maximum Gasteiger partial charge on any atom is 0.272 e. The number of non-ortho nitro benzene ring substituents is 1. The Kier molecular flexibility index (Phi) is 4.27. The van der Waals surface area contributed by atoms with E-state index < -0.39 is 10.7 Å². The molecule has 0 N–H and O–H groups in total. The largest absolute Gasteiger partial charge is 0.272 e. The molecule has 2 aromatic rings. The Morgan fingerprint density at radius 1 is 1.21 bits per heavy atom. The van der Waals surface area contributed by atoms with E-state index in [1.54, 1.807) is 0 Å². The zero-order chi connectivity index (χ0) is 13.8. The number of nitro benzene ring substituents is 1. The maximum absolute atomic E-state index is 13.8. The van der Waals surface area contributed by atoms with Crippen LogP contribution in [0.25, 0.3) is 0 Å². The highest BCUT2D eigenvalue weighted by atomic mass is 79.9. The molecule has 0 saturated carbocycles. The van der Waals surface area contributed by atoms with Crippen molar-refractivity contribution >= 4 is 21.6 Å². The lowest BCUT2D eigenvalue weighted by atomic mass is 10.0. The lowest BCUT2D eigenvalue weighted by molar-refractivity contribution is -0.385. The van der Waals surface area contributed by atoms with Gasteiger partial charge in [0.05, 0.1) is 11.0 Å². The van der Waals surface area contributed by atoms with E-state index in [2.05, 4.69) is 15.9 Å². The van der Waals surface area contributed by atoms with Crippen molar-refractivity contribution in [3.8, 4) is 0 Å². The molecule has 0 heterocycles. The molecule has 1 atom stereocenters. The quantitative estimate of drug-likeness (QED) is 0.475. The molecule has 5 heteroatoms. The number of rotatable bonds is 4. The van der Waals surface area contributed by atoms with Crippen LogP contribution in [0.2, 0.25) is 0 Å². The molecule has 0 aliphatic rings. The molecule has 0 fully saturated rings. The van der Waals surface area contributed by atoms with Gasteiger partial charge in [-0.15, -0.1) is 0 Å². The van der Waals surface area contributed by atoms with E-state index in [9.17, 15) is 14.5 Å². The molecule has 0 amide bonds. The molecule has 2 aromatic carbocycles. The third-order valence-corrected chi connectivity index (χ3v) is 3.66.